The van der Waals surface area contributed by atoms with Crippen molar-refractivity contribution < 1.29 is 9.53 Å². The van der Waals surface area contributed by atoms with Crippen molar-refractivity contribution in [2.24, 2.45) is 0 Å². The molecule has 0 amide bonds. The first-order valence-corrected chi connectivity index (χ1v) is 9.38. The zero-order valence-electron chi connectivity index (χ0n) is 16.1. The largest absolute Gasteiger partial charge is 0.373 e. The quantitative estimate of drug-likeness (QED) is 0.465. The summed E-state index contributed by atoms with van der Waals surface area (Å²) in [5.41, 5.74) is 5.61. The molecule has 1 saturated heterocycles. The number of hydrogen-bond donors (Lipinski definition) is 0. The Bertz CT molecular complexity index is 714. The molecule has 1 fully saturated rings. The van der Waals surface area contributed by atoms with Gasteiger partial charge in [-0.25, -0.2) is 0 Å². The van der Waals surface area contributed by atoms with Crippen molar-refractivity contribution in [3.8, 4) is 11.1 Å². The fraction of sp³-hybridized carbons (Fsp3) is 0.435. The predicted octanol–water partition coefficient (Wildman–Crippen LogP) is 6.17. The lowest BCUT2D eigenvalue weighted by Crippen LogP contribution is -1.98. The third kappa shape index (κ3) is 5.27. The van der Waals surface area contributed by atoms with Gasteiger partial charge in [0.05, 0.1) is 12.7 Å². The van der Waals surface area contributed by atoms with Gasteiger partial charge in [-0.05, 0) is 54.9 Å². The van der Waals surface area contributed by atoms with Gasteiger partial charge >= 0.3 is 0 Å². The van der Waals surface area contributed by atoms with Gasteiger partial charge in [-0.3, -0.25) is 4.79 Å². The van der Waals surface area contributed by atoms with Crippen molar-refractivity contribution in [1.29, 1.82) is 0 Å². The summed E-state index contributed by atoms with van der Waals surface area (Å²) in [6.45, 7) is 10.8. The van der Waals surface area contributed by atoms with E-state index in [1.807, 2.05) is 32.9 Å². The molecule has 2 heteroatoms. The predicted molar refractivity (Wildman–Crippen MR) is 105 cm³/mol. The van der Waals surface area contributed by atoms with Crippen LogP contribution in [0.1, 0.15) is 67.9 Å². The minimum Gasteiger partial charge on any atom is -0.373 e. The van der Waals surface area contributed by atoms with Gasteiger partial charge in [0.25, 0.3) is 0 Å². The maximum Gasteiger partial charge on any atom is 0.160 e. The van der Waals surface area contributed by atoms with Crippen LogP contribution >= 0.6 is 0 Å². The summed E-state index contributed by atoms with van der Waals surface area (Å²) >= 11 is 0. The number of benzene rings is 2. The van der Waals surface area contributed by atoms with Gasteiger partial charge in [0, 0.05) is 5.56 Å². The lowest BCUT2D eigenvalue weighted by Gasteiger charge is -2.13. The second-order valence-electron chi connectivity index (χ2n) is 6.65. The summed E-state index contributed by atoms with van der Waals surface area (Å²) < 4.78 is 5.30. The lowest BCUT2D eigenvalue weighted by molar-refractivity contribution is 0.101. The smallest absolute Gasteiger partial charge is 0.160 e. The van der Waals surface area contributed by atoms with Crippen LogP contribution in [0.2, 0.25) is 0 Å². The summed E-state index contributed by atoms with van der Waals surface area (Å²) in [6.07, 6.45) is 2.82. The Morgan fingerprint density at radius 2 is 1.84 bits per heavy atom. The third-order valence-corrected chi connectivity index (χ3v) is 4.72. The van der Waals surface area contributed by atoms with E-state index in [0.29, 0.717) is 12.0 Å². The Labute approximate surface area is 152 Å². The van der Waals surface area contributed by atoms with E-state index in [-0.39, 0.29) is 5.78 Å². The molecule has 0 bridgehead atoms. The van der Waals surface area contributed by atoms with Crippen LogP contribution in [0.4, 0.5) is 0 Å². The van der Waals surface area contributed by atoms with Crippen molar-refractivity contribution in [3.63, 3.8) is 0 Å². The Balaban J connectivity index is 0.00000109. The molecule has 0 saturated carbocycles. The van der Waals surface area contributed by atoms with Crippen LogP contribution in [0, 0.1) is 6.92 Å². The number of hydrogen-bond acceptors (Lipinski definition) is 2. The zero-order valence-corrected chi connectivity index (χ0v) is 16.1. The summed E-state index contributed by atoms with van der Waals surface area (Å²) in [5, 5.41) is 0. The number of carbonyl (C=O) groups is 1. The van der Waals surface area contributed by atoms with Gasteiger partial charge in [-0.1, -0.05) is 63.2 Å². The van der Waals surface area contributed by atoms with E-state index in [1.54, 1.807) is 6.92 Å². The highest BCUT2D eigenvalue weighted by molar-refractivity contribution is 5.96. The van der Waals surface area contributed by atoms with Crippen LogP contribution in [0.25, 0.3) is 11.1 Å². The third-order valence-electron chi connectivity index (χ3n) is 4.72. The van der Waals surface area contributed by atoms with E-state index >= 15 is 0 Å². The molecule has 2 aromatic rings. The number of epoxide rings is 1. The van der Waals surface area contributed by atoms with E-state index in [0.717, 1.165) is 30.6 Å². The van der Waals surface area contributed by atoms with E-state index in [9.17, 15) is 4.79 Å². The Morgan fingerprint density at radius 3 is 2.44 bits per heavy atom. The SMILES string of the molecule is CC.CC(=O)c1ccc(-c2cccc(C(C)CCC3CO3)c2)cc1C. The maximum absolute atomic E-state index is 11.6. The number of aryl methyl sites for hydroxylation is 1. The second-order valence-corrected chi connectivity index (χ2v) is 6.65. The minimum absolute atomic E-state index is 0.124. The van der Waals surface area contributed by atoms with Crippen LogP contribution < -0.4 is 0 Å². The van der Waals surface area contributed by atoms with Crippen LogP contribution in [-0.2, 0) is 4.74 Å². The fourth-order valence-electron chi connectivity index (χ4n) is 3.10. The van der Waals surface area contributed by atoms with Gasteiger partial charge in [0.2, 0.25) is 0 Å². The van der Waals surface area contributed by atoms with Crippen molar-refractivity contribution in [2.45, 2.75) is 59.5 Å². The molecule has 0 aliphatic carbocycles. The van der Waals surface area contributed by atoms with Crippen LogP contribution in [-0.4, -0.2) is 18.5 Å². The summed E-state index contributed by atoms with van der Waals surface area (Å²) in [5.74, 6) is 0.662. The van der Waals surface area contributed by atoms with Gasteiger partial charge in [0.1, 0.15) is 0 Å². The van der Waals surface area contributed by atoms with E-state index in [2.05, 4.69) is 37.3 Å². The molecule has 134 valence electrons. The number of carbonyl (C=O) groups excluding carboxylic acids is 1. The van der Waals surface area contributed by atoms with Gasteiger partial charge in [-0.15, -0.1) is 0 Å². The molecule has 1 heterocycles. The first-order valence-electron chi connectivity index (χ1n) is 9.38. The van der Waals surface area contributed by atoms with Gasteiger partial charge in [0.15, 0.2) is 5.78 Å². The Morgan fingerprint density at radius 1 is 1.16 bits per heavy atom. The topological polar surface area (TPSA) is 29.6 Å². The molecule has 2 atom stereocenters. The Hall–Kier alpha value is -1.93. The van der Waals surface area contributed by atoms with Gasteiger partial charge in [-0.2, -0.15) is 0 Å². The van der Waals surface area contributed by atoms with Gasteiger partial charge < -0.3 is 4.74 Å². The zero-order chi connectivity index (χ0) is 18.4. The summed E-state index contributed by atoms with van der Waals surface area (Å²) in [6, 6.07) is 14.8. The highest BCUT2D eigenvalue weighted by Crippen LogP contribution is 2.29. The molecular weight excluding hydrogens is 308 g/mol. The highest BCUT2D eigenvalue weighted by atomic mass is 16.6. The molecular formula is C23H30O2. The molecule has 2 aromatic carbocycles. The summed E-state index contributed by atoms with van der Waals surface area (Å²) in [7, 11) is 0. The molecule has 2 unspecified atom stereocenters. The molecule has 0 radical (unpaired) electrons. The molecule has 1 aliphatic heterocycles. The summed E-state index contributed by atoms with van der Waals surface area (Å²) in [4.78, 5) is 11.6. The molecule has 0 spiro atoms. The Kier molecular flexibility index (Phi) is 6.95. The minimum atomic E-state index is 0.124. The molecule has 2 nitrogen and oxygen atoms in total. The van der Waals surface area contributed by atoms with E-state index in [4.69, 9.17) is 4.74 Å². The number of Topliss-reactive ketones (excluding diaryl/α,β-unsaturated/α-hetero) is 1. The maximum atomic E-state index is 11.6. The normalized spacial score (nSPS) is 16.6. The molecule has 1 aliphatic rings. The van der Waals surface area contributed by atoms with E-state index < -0.39 is 0 Å². The molecule has 0 N–H and O–H groups in total. The first kappa shape index (κ1) is 19.4. The average molecular weight is 338 g/mol. The van der Waals surface area contributed by atoms with Crippen molar-refractivity contribution >= 4 is 5.78 Å². The van der Waals surface area contributed by atoms with Crippen molar-refractivity contribution in [3.05, 3.63) is 59.2 Å². The van der Waals surface area contributed by atoms with Crippen molar-refractivity contribution in [1.82, 2.24) is 0 Å². The fourth-order valence-corrected chi connectivity index (χ4v) is 3.10. The van der Waals surface area contributed by atoms with Crippen LogP contribution in [0.15, 0.2) is 42.5 Å². The average Bonchev–Trinajstić information content (AvgIpc) is 3.45. The molecule has 0 aromatic heterocycles. The molecule has 25 heavy (non-hydrogen) atoms. The molecule has 3 rings (SSSR count). The number of ketones is 1. The second kappa shape index (κ2) is 8.96. The van der Waals surface area contributed by atoms with E-state index in [1.165, 1.54) is 16.7 Å². The highest BCUT2D eigenvalue weighted by Gasteiger charge is 2.22. The number of rotatable bonds is 6. The van der Waals surface area contributed by atoms with Crippen molar-refractivity contribution in [2.75, 3.05) is 6.61 Å². The monoisotopic (exact) mass is 338 g/mol. The number of ether oxygens (including phenoxy) is 1. The lowest BCUT2D eigenvalue weighted by atomic mass is 9.91. The first-order chi connectivity index (χ1) is 12.0. The standard InChI is InChI=1S/C21H24O2.C2H6/c1-14(7-9-20-13-23-20)17-5-4-6-18(12-17)19-8-10-21(16(3)22)15(2)11-19;1-2/h4-6,8,10-12,14,20H,7,9,13H2,1-3H3;1-2H3. The van der Waals surface area contributed by atoms with Crippen LogP contribution in [0.3, 0.4) is 0 Å². The van der Waals surface area contributed by atoms with Crippen LogP contribution in [0.5, 0.6) is 0 Å².